The monoisotopic (exact) mass is 522 g/mol. The van der Waals surface area contributed by atoms with Crippen LogP contribution in [0.3, 0.4) is 0 Å². The van der Waals surface area contributed by atoms with E-state index in [0.717, 1.165) is 16.8 Å². The second-order valence-corrected chi connectivity index (χ2v) is 8.24. The molecule has 10 nitrogen and oxygen atoms in total. The van der Waals surface area contributed by atoms with Crippen molar-refractivity contribution in [1.29, 1.82) is 5.26 Å². The number of pyridine rings is 1. The van der Waals surface area contributed by atoms with Crippen LogP contribution in [-0.2, 0) is 4.79 Å². The zero-order valence-corrected chi connectivity index (χ0v) is 21.9. The number of amides is 1. The van der Waals surface area contributed by atoms with Gasteiger partial charge in [-0.2, -0.15) is 5.26 Å². The van der Waals surface area contributed by atoms with Gasteiger partial charge in [-0.25, -0.2) is 9.97 Å². The molecule has 2 aromatic heterocycles. The third-order valence-electron chi connectivity index (χ3n) is 5.72. The Morgan fingerprint density at radius 1 is 1.00 bits per heavy atom. The van der Waals surface area contributed by atoms with Gasteiger partial charge in [0.25, 0.3) is 5.91 Å². The van der Waals surface area contributed by atoms with E-state index >= 15 is 0 Å². The van der Waals surface area contributed by atoms with Gasteiger partial charge in [0.05, 0.1) is 27.0 Å². The molecular weight excluding hydrogens is 496 g/mol. The highest BCUT2D eigenvalue weighted by Crippen LogP contribution is 2.38. The summed E-state index contributed by atoms with van der Waals surface area (Å²) in [6, 6.07) is 16.2. The van der Waals surface area contributed by atoms with Gasteiger partial charge >= 0.3 is 0 Å². The highest BCUT2D eigenvalue weighted by atomic mass is 16.5. The molecule has 0 fully saturated rings. The van der Waals surface area contributed by atoms with Crippen LogP contribution in [0.2, 0.25) is 0 Å². The average molecular weight is 523 g/mol. The molecule has 2 N–H and O–H groups in total. The van der Waals surface area contributed by atoms with Crippen LogP contribution < -0.4 is 24.8 Å². The molecule has 0 saturated carbocycles. The van der Waals surface area contributed by atoms with E-state index in [1.807, 2.05) is 31.2 Å². The minimum absolute atomic E-state index is 0.105. The molecule has 196 valence electrons. The van der Waals surface area contributed by atoms with E-state index in [0.29, 0.717) is 40.1 Å². The van der Waals surface area contributed by atoms with Crippen LogP contribution in [0, 0.1) is 18.3 Å². The van der Waals surface area contributed by atoms with Crippen molar-refractivity contribution in [1.82, 2.24) is 15.0 Å². The summed E-state index contributed by atoms with van der Waals surface area (Å²) in [5.41, 5.74) is 4.12. The van der Waals surface area contributed by atoms with Crippen molar-refractivity contribution >= 4 is 29.3 Å². The molecule has 1 amide bonds. The van der Waals surface area contributed by atoms with E-state index in [-0.39, 0.29) is 5.57 Å². The van der Waals surface area contributed by atoms with Crippen LogP contribution in [-0.4, -0.2) is 42.2 Å². The molecular formula is C29H26N6O4. The number of carbonyl (C=O) groups excluding carboxylic acids is 1. The second kappa shape index (κ2) is 12.2. The molecule has 0 radical (unpaired) electrons. The minimum Gasteiger partial charge on any atom is -0.493 e. The third kappa shape index (κ3) is 6.29. The van der Waals surface area contributed by atoms with Crippen molar-refractivity contribution in [3.05, 3.63) is 83.8 Å². The fourth-order valence-corrected chi connectivity index (χ4v) is 3.75. The van der Waals surface area contributed by atoms with Crippen molar-refractivity contribution in [3.63, 3.8) is 0 Å². The number of anilines is 3. The van der Waals surface area contributed by atoms with E-state index in [9.17, 15) is 10.1 Å². The first kappa shape index (κ1) is 26.6. The molecule has 0 aliphatic carbocycles. The van der Waals surface area contributed by atoms with E-state index in [2.05, 4.69) is 25.6 Å². The summed E-state index contributed by atoms with van der Waals surface area (Å²) in [7, 11) is 4.48. The summed E-state index contributed by atoms with van der Waals surface area (Å²) < 4.78 is 16.0. The molecule has 0 saturated heterocycles. The molecule has 0 bridgehead atoms. The topological polar surface area (TPSA) is 131 Å². The van der Waals surface area contributed by atoms with Gasteiger partial charge < -0.3 is 24.8 Å². The number of carbonyl (C=O) groups is 1. The van der Waals surface area contributed by atoms with Crippen molar-refractivity contribution in [2.24, 2.45) is 0 Å². The first-order valence-corrected chi connectivity index (χ1v) is 11.8. The maximum atomic E-state index is 13.0. The summed E-state index contributed by atoms with van der Waals surface area (Å²) in [6.45, 7) is 1.92. The van der Waals surface area contributed by atoms with Crippen LogP contribution in [0.15, 0.2) is 72.7 Å². The Labute approximate surface area is 225 Å². The Balaban J connectivity index is 1.56. The van der Waals surface area contributed by atoms with E-state index < -0.39 is 5.91 Å². The van der Waals surface area contributed by atoms with E-state index in [1.165, 1.54) is 27.4 Å². The van der Waals surface area contributed by atoms with Crippen LogP contribution >= 0.6 is 0 Å². The quantitative estimate of drug-likeness (QED) is 0.226. The summed E-state index contributed by atoms with van der Waals surface area (Å²) in [5.74, 6) is 1.04. The molecule has 0 aliphatic rings. The van der Waals surface area contributed by atoms with Gasteiger partial charge in [-0.3, -0.25) is 9.78 Å². The molecule has 2 heterocycles. The van der Waals surface area contributed by atoms with Crippen molar-refractivity contribution in [3.8, 4) is 34.6 Å². The summed E-state index contributed by atoms with van der Waals surface area (Å²) in [4.78, 5) is 26.0. The molecule has 0 aliphatic heterocycles. The minimum atomic E-state index is -0.573. The van der Waals surface area contributed by atoms with Crippen molar-refractivity contribution < 1.29 is 19.0 Å². The lowest BCUT2D eigenvalue weighted by Crippen LogP contribution is -2.13. The number of hydrogen-bond donors (Lipinski definition) is 2. The lowest BCUT2D eigenvalue weighted by Gasteiger charge is -2.13. The Bertz CT molecular complexity index is 1540. The van der Waals surface area contributed by atoms with Crippen LogP contribution in [0.5, 0.6) is 17.2 Å². The normalized spacial score (nSPS) is 10.8. The Kier molecular flexibility index (Phi) is 8.33. The predicted molar refractivity (Wildman–Crippen MR) is 148 cm³/mol. The smallest absolute Gasteiger partial charge is 0.266 e. The number of aryl methyl sites for hydroxylation is 1. The zero-order valence-electron chi connectivity index (χ0n) is 21.9. The van der Waals surface area contributed by atoms with Crippen LogP contribution in [0.1, 0.15) is 11.1 Å². The van der Waals surface area contributed by atoms with Gasteiger partial charge in [-0.1, -0.05) is 6.07 Å². The van der Waals surface area contributed by atoms with E-state index in [4.69, 9.17) is 14.2 Å². The predicted octanol–water partition coefficient (Wildman–Crippen LogP) is 5.16. The molecule has 0 atom stereocenters. The summed E-state index contributed by atoms with van der Waals surface area (Å²) >= 11 is 0. The van der Waals surface area contributed by atoms with Crippen LogP contribution in [0.25, 0.3) is 17.3 Å². The molecule has 10 heteroatoms. The van der Waals surface area contributed by atoms with Gasteiger partial charge in [0.2, 0.25) is 11.7 Å². The Morgan fingerprint density at radius 3 is 2.41 bits per heavy atom. The first-order valence-electron chi connectivity index (χ1n) is 11.8. The number of aromatic nitrogens is 3. The van der Waals surface area contributed by atoms with Gasteiger partial charge in [-0.05, 0) is 66.6 Å². The lowest BCUT2D eigenvalue weighted by molar-refractivity contribution is -0.112. The third-order valence-corrected chi connectivity index (χ3v) is 5.72. The number of nitrogens with zero attached hydrogens (tertiary/aromatic N) is 4. The average Bonchev–Trinajstić information content (AvgIpc) is 2.97. The molecule has 4 aromatic rings. The number of methoxy groups -OCH3 is 3. The number of ether oxygens (including phenoxy) is 3. The standard InChI is InChI=1S/C29H26N6O4/c1-18-7-8-22(15-24(18)35-29-32-11-9-23(34-29)20-6-5-10-31-17-20)33-28(36)21(16-30)12-19-13-25(37-2)27(39-4)26(14-19)38-3/h5-15,17H,1-4H3,(H,33,36)(H,32,34,35)/b21-12+. The van der Waals surface area contributed by atoms with Crippen molar-refractivity contribution in [2.45, 2.75) is 6.92 Å². The fourth-order valence-electron chi connectivity index (χ4n) is 3.75. The van der Waals surface area contributed by atoms with Gasteiger partial charge in [-0.15, -0.1) is 0 Å². The number of rotatable bonds is 9. The number of nitriles is 1. The Morgan fingerprint density at radius 2 is 1.77 bits per heavy atom. The highest BCUT2D eigenvalue weighted by molar-refractivity contribution is 6.10. The number of nitrogens with one attached hydrogen (secondary N) is 2. The van der Waals surface area contributed by atoms with Gasteiger partial charge in [0, 0.05) is 35.5 Å². The molecule has 0 spiro atoms. The summed E-state index contributed by atoms with van der Waals surface area (Å²) in [5, 5.41) is 15.7. The first-order chi connectivity index (χ1) is 18.9. The highest BCUT2D eigenvalue weighted by Gasteiger charge is 2.15. The fraction of sp³-hybridized carbons (Fsp3) is 0.138. The maximum Gasteiger partial charge on any atom is 0.266 e. The molecule has 4 rings (SSSR count). The van der Waals surface area contributed by atoms with E-state index in [1.54, 1.807) is 48.9 Å². The Hall–Kier alpha value is -5.43. The largest absolute Gasteiger partial charge is 0.493 e. The van der Waals surface area contributed by atoms with Gasteiger partial charge in [0.15, 0.2) is 11.5 Å². The number of hydrogen-bond acceptors (Lipinski definition) is 9. The zero-order chi connectivity index (χ0) is 27.8. The lowest BCUT2D eigenvalue weighted by atomic mass is 10.1. The van der Waals surface area contributed by atoms with Crippen molar-refractivity contribution in [2.75, 3.05) is 32.0 Å². The SMILES string of the molecule is COc1cc(/C=C(\C#N)C(=O)Nc2ccc(C)c(Nc3nccc(-c4cccnc4)n3)c2)cc(OC)c1OC. The van der Waals surface area contributed by atoms with Crippen LogP contribution in [0.4, 0.5) is 17.3 Å². The number of benzene rings is 2. The molecule has 0 unspecified atom stereocenters. The van der Waals surface area contributed by atoms with Gasteiger partial charge in [0.1, 0.15) is 11.6 Å². The second-order valence-electron chi connectivity index (χ2n) is 8.24. The summed E-state index contributed by atoms with van der Waals surface area (Å²) in [6.07, 6.45) is 6.53. The molecule has 2 aromatic carbocycles. The molecule has 39 heavy (non-hydrogen) atoms. The maximum absolute atomic E-state index is 13.0.